The second-order valence-electron chi connectivity index (χ2n) is 23.0. The van der Waals surface area contributed by atoms with Gasteiger partial charge in [-0.1, -0.05) is 57.2 Å². The van der Waals surface area contributed by atoms with Crippen LogP contribution in [0.15, 0.2) is 72.5 Å². The number of carbonyl (C=O) groups excluding carboxylic acids is 3. The first-order chi connectivity index (χ1) is 35.6. The Kier molecular flexibility index (Phi) is 13.6. The van der Waals surface area contributed by atoms with Crippen molar-refractivity contribution < 1.29 is 24.6 Å². The van der Waals surface area contributed by atoms with E-state index in [1.807, 2.05) is 88.1 Å². The smallest absolute Gasteiger partial charge is 0.246 e. The van der Waals surface area contributed by atoms with E-state index >= 15 is 0 Å². The topological polar surface area (TPSA) is 205 Å². The fourth-order valence-electron chi connectivity index (χ4n) is 13.0. The lowest BCUT2D eigenvalue weighted by molar-refractivity contribution is -0.145. The maximum atomic E-state index is 14.4. The molecule has 74 heavy (non-hydrogen) atoms. The van der Waals surface area contributed by atoms with Gasteiger partial charge in [0, 0.05) is 93.3 Å². The number of β-amino-alcohol motifs (C(OH)–C–C–N with tert-alkyl or cyclic N) is 1. The van der Waals surface area contributed by atoms with Gasteiger partial charge in [-0.05, 0) is 98.9 Å². The Morgan fingerprint density at radius 2 is 1.65 bits per heavy atom. The molecule has 4 aliphatic heterocycles. The number of aliphatic hydroxyl groups is 1. The molecule has 0 bridgehead atoms. The van der Waals surface area contributed by atoms with Gasteiger partial charge in [-0.15, -0.1) is 21.5 Å². The molecular formula is C56H70N12O5S. The number of benzene rings is 2. The first-order valence-electron chi connectivity index (χ1n) is 26.7. The molecule has 17 nitrogen and oxygen atoms in total. The number of thiazole rings is 1. The fraction of sp³-hybridized carbons (Fsp3) is 0.536. The number of piperazine rings is 1. The number of carbonyl (C=O) groups is 3. The molecule has 5 N–H and O–H groups in total. The van der Waals surface area contributed by atoms with Gasteiger partial charge in [-0.25, -0.2) is 15.0 Å². The van der Waals surface area contributed by atoms with Crippen LogP contribution in [0.5, 0.6) is 5.75 Å². The van der Waals surface area contributed by atoms with Gasteiger partial charge in [-0.2, -0.15) is 0 Å². The molecule has 5 aromatic rings. The number of aromatic nitrogens is 5. The van der Waals surface area contributed by atoms with Gasteiger partial charge < -0.3 is 40.9 Å². The molecule has 0 radical (unpaired) electrons. The summed E-state index contributed by atoms with van der Waals surface area (Å²) in [5, 5.41) is 40.0. The summed E-state index contributed by atoms with van der Waals surface area (Å²) in [7, 11) is 0. The number of amides is 3. The Morgan fingerprint density at radius 1 is 0.919 bits per heavy atom. The van der Waals surface area contributed by atoms with Crippen LogP contribution in [-0.2, 0) is 20.9 Å². The molecule has 3 saturated heterocycles. The number of aromatic hydroxyl groups is 1. The average Bonchev–Trinajstić information content (AvgIpc) is 4.12. The second-order valence-corrected chi connectivity index (χ2v) is 23.9. The summed E-state index contributed by atoms with van der Waals surface area (Å²) in [6, 6.07) is 16.6. The quantitative estimate of drug-likeness (QED) is 0.0957. The number of rotatable bonds is 11. The molecule has 6 aliphatic rings. The molecule has 2 aromatic carbocycles. The van der Waals surface area contributed by atoms with Crippen LogP contribution in [0.3, 0.4) is 0 Å². The number of phenolic OH excluding ortho intramolecular Hbond substituents is 1. The van der Waals surface area contributed by atoms with E-state index in [1.54, 1.807) is 17.4 Å². The lowest BCUT2D eigenvalue weighted by Crippen LogP contribution is -2.59. The molecule has 3 aromatic heterocycles. The molecular weight excluding hydrogens is 953 g/mol. The minimum atomic E-state index is -0.844. The van der Waals surface area contributed by atoms with Crippen molar-refractivity contribution in [3.05, 3.63) is 89.3 Å². The molecule has 390 valence electrons. The van der Waals surface area contributed by atoms with Crippen molar-refractivity contribution >= 4 is 46.5 Å². The molecule has 18 heteroatoms. The van der Waals surface area contributed by atoms with Crippen molar-refractivity contribution in [1.29, 1.82) is 0 Å². The number of fused-ring (bicyclic) bond motifs is 3. The van der Waals surface area contributed by atoms with Crippen molar-refractivity contribution in [2.24, 2.45) is 16.7 Å². The van der Waals surface area contributed by atoms with Crippen LogP contribution >= 0.6 is 11.3 Å². The third kappa shape index (κ3) is 9.80. The molecule has 7 heterocycles. The van der Waals surface area contributed by atoms with E-state index in [2.05, 4.69) is 58.8 Å². The first kappa shape index (κ1) is 49.9. The molecule has 5 fully saturated rings. The third-order valence-electron chi connectivity index (χ3n) is 17.3. The summed E-state index contributed by atoms with van der Waals surface area (Å²) >= 11 is 1.59. The van der Waals surface area contributed by atoms with Gasteiger partial charge >= 0.3 is 0 Å². The van der Waals surface area contributed by atoms with Crippen LogP contribution in [0.4, 0.5) is 17.5 Å². The zero-order valence-electron chi connectivity index (χ0n) is 43.2. The number of anilines is 3. The maximum Gasteiger partial charge on any atom is 0.246 e. The summed E-state index contributed by atoms with van der Waals surface area (Å²) in [5.74, 6) is 0.998. The SMILES string of the molecule is Cc1ncsc1-c1ccc(CNC(=O)[C@@H]2C[C@@H](O)CN2C(=O)[C@@H](NC(=O)[C@H]2CCC3(CC2)C[C@H](N2CCN(c4cnc(N5CCC6Nc7nnc(-c8ccccc8O)cc7C6[C@H]5C)nc4)CC2)C3)C(C)(C)C)cc1. The van der Waals surface area contributed by atoms with E-state index in [-0.39, 0.29) is 65.8 Å². The number of hydrogen-bond donors (Lipinski definition) is 5. The number of piperidine rings is 1. The van der Waals surface area contributed by atoms with Crippen LogP contribution in [-0.4, -0.2) is 138 Å². The molecule has 6 atom stereocenters. The highest BCUT2D eigenvalue weighted by atomic mass is 32.1. The lowest BCUT2D eigenvalue weighted by Gasteiger charge is -2.56. The van der Waals surface area contributed by atoms with Crippen molar-refractivity contribution in [3.8, 4) is 27.4 Å². The third-order valence-corrected chi connectivity index (χ3v) is 18.3. The van der Waals surface area contributed by atoms with Crippen molar-refractivity contribution in [3.63, 3.8) is 0 Å². The van der Waals surface area contributed by atoms with Crippen molar-refractivity contribution in [1.82, 2.24) is 45.6 Å². The molecule has 2 saturated carbocycles. The zero-order valence-corrected chi connectivity index (χ0v) is 44.0. The molecule has 11 rings (SSSR count). The molecule has 2 aliphatic carbocycles. The number of aliphatic hydroxyl groups excluding tert-OH is 1. The Hall–Kier alpha value is -6.24. The van der Waals surface area contributed by atoms with E-state index in [4.69, 9.17) is 9.97 Å². The first-order valence-corrected chi connectivity index (χ1v) is 27.6. The van der Waals surface area contributed by atoms with Gasteiger partial charge in [0.2, 0.25) is 23.7 Å². The van der Waals surface area contributed by atoms with Crippen LogP contribution in [0.1, 0.15) is 102 Å². The van der Waals surface area contributed by atoms with Crippen molar-refractivity contribution in [2.75, 3.05) is 54.4 Å². The van der Waals surface area contributed by atoms with Gasteiger partial charge in [0.25, 0.3) is 0 Å². The molecule has 2 unspecified atom stereocenters. The predicted octanol–water partition coefficient (Wildman–Crippen LogP) is 6.52. The van der Waals surface area contributed by atoms with Gasteiger partial charge in [0.05, 0.1) is 46.0 Å². The monoisotopic (exact) mass is 1020 g/mol. The van der Waals surface area contributed by atoms with Crippen LogP contribution in [0, 0.1) is 23.7 Å². The predicted molar refractivity (Wildman–Crippen MR) is 286 cm³/mol. The highest BCUT2D eigenvalue weighted by Crippen LogP contribution is 2.54. The largest absolute Gasteiger partial charge is 0.507 e. The summed E-state index contributed by atoms with van der Waals surface area (Å²) in [6.45, 7) is 15.0. The van der Waals surface area contributed by atoms with Crippen LogP contribution < -0.4 is 25.8 Å². The minimum Gasteiger partial charge on any atom is -0.507 e. The number of aryl methyl sites for hydroxylation is 1. The summed E-state index contributed by atoms with van der Waals surface area (Å²) in [6.07, 6.45) is 10.1. The number of nitrogens with zero attached hydrogens (tertiary/aromatic N) is 9. The van der Waals surface area contributed by atoms with E-state index < -0.39 is 23.6 Å². The van der Waals surface area contributed by atoms with Gasteiger partial charge in [-0.3, -0.25) is 19.3 Å². The lowest BCUT2D eigenvalue weighted by atomic mass is 9.56. The number of likely N-dealkylation sites (tertiary alicyclic amines) is 1. The number of phenols is 1. The highest BCUT2D eigenvalue weighted by Gasteiger charge is 2.50. The fourth-order valence-corrected chi connectivity index (χ4v) is 13.8. The number of nitrogens with one attached hydrogen (secondary N) is 3. The van der Waals surface area contributed by atoms with E-state index in [1.165, 1.54) is 4.90 Å². The Morgan fingerprint density at radius 3 is 2.34 bits per heavy atom. The van der Waals surface area contributed by atoms with Crippen LogP contribution in [0.2, 0.25) is 0 Å². The standard InChI is InChI=1S/C56H70N12O5S/c1-33-48(74-32-60-33)36-12-10-35(11-13-36)28-57-52(72)45-24-40(69)31-68(45)53(73)49(55(3,4)5)62-51(71)37-14-17-56(18-15-37)26-38(27-56)65-20-22-66(23-21-65)39-29-58-54(59-30-39)67-19-16-43-47(34(67)2)42-25-44(63-64-50(42)61-43)41-8-6-7-9-46(41)70/h6-13,25,29-30,32,34,37-38,40,43,45,47,49,69-70H,14-24,26-28,31H2,1-5H3,(H,57,72)(H,61,64)(H,62,71)/t34-,37-,38-,40-,43?,45+,47?,49-,56?/m1/s1. The van der Waals surface area contributed by atoms with Gasteiger partial charge in [0.15, 0.2) is 5.82 Å². The van der Waals surface area contributed by atoms with Crippen molar-refractivity contribution in [2.45, 2.75) is 135 Å². The van der Waals surface area contributed by atoms with Gasteiger partial charge in [0.1, 0.15) is 17.8 Å². The Labute approximate surface area is 437 Å². The maximum absolute atomic E-state index is 14.4. The van der Waals surface area contributed by atoms with E-state index in [0.29, 0.717) is 23.8 Å². The normalized spacial score (nSPS) is 27.2. The summed E-state index contributed by atoms with van der Waals surface area (Å²) in [4.78, 5) is 66.1. The summed E-state index contributed by atoms with van der Waals surface area (Å²) in [5.41, 5.74) is 7.95. The number of hydrogen-bond acceptors (Lipinski definition) is 15. The van der Waals surface area contributed by atoms with E-state index in [0.717, 1.165) is 122 Å². The highest BCUT2D eigenvalue weighted by molar-refractivity contribution is 7.13. The Balaban J connectivity index is 0.635. The Bertz CT molecular complexity index is 2850. The zero-order chi connectivity index (χ0) is 51.5. The number of para-hydroxylation sites is 1. The molecule has 1 spiro atoms. The average molecular weight is 1020 g/mol. The second kappa shape index (κ2) is 20.1. The minimum absolute atomic E-state index is 0.0447. The summed E-state index contributed by atoms with van der Waals surface area (Å²) < 4.78 is 0. The molecule has 3 amide bonds. The van der Waals surface area contributed by atoms with E-state index in [9.17, 15) is 24.6 Å². The van der Waals surface area contributed by atoms with Crippen LogP contribution in [0.25, 0.3) is 21.7 Å².